The monoisotopic (exact) mass is 329 g/mol. The lowest BCUT2D eigenvalue weighted by Gasteiger charge is -2.25. The molecule has 0 spiro atoms. The van der Waals surface area contributed by atoms with Crippen LogP contribution in [0.3, 0.4) is 0 Å². The molecular formula is C19H20FNO3. The third-order valence-electron chi connectivity index (χ3n) is 4.38. The van der Waals surface area contributed by atoms with Crippen LogP contribution in [0.15, 0.2) is 42.5 Å². The highest BCUT2D eigenvalue weighted by molar-refractivity contribution is 5.95. The highest BCUT2D eigenvalue weighted by Gasteiger charge is 2.31. The molecule has 0 saturated carbocycles. The van der Waals surface area contributed by atoms with E-state index in [0.29, 0.717) is 23.6 Å². The number of likely N-dealkylation sites (tertiary alicyclic amines) is 1. The van der Waals surface area contributed by atoms with Crippen molar-refractivity contribution in [2.24, 2.45) is 0 Å². The zero-order valence-electron chi connectivity index (χ0n) is 13.8. The van der Waals surface area contributed by atoms with E-state index in [-0.39, 0.29) is 17.8 Å². The SMILES string of the molecule is COc1ccc(C(=O)N2CCCC2c2cccc(F)c2)cc1OC. The summed E-state index contributed by atoms with van der Waals surface area (Å²) in [6.07, 6.45) is 1.74. The van der Waals surface area contributed by atoms with E-state index in [1.807, 2.05) is 6.07 Å². The molecular weight excluding hydrogens is 309 g/mol. The van der Waals surface area contributed by atoms with Crippen molar-refractivity contribution in [3.05, 3.63) is 59.4 Å². The van der Waals surface area contributed by atoms with Crippen molar-refractivity contribution in [2.75, 3.05) is 20.8 Å². The number of halogens is 1. The Kier molecular flexibility index (Phi) is 4.69. The van der Waals surface area contributed by atoms with E-state index in [0.717, 1.165) is 18.4 Å². The molecule has 5 heteroatoms. The van der Waals surface area contributed by atoms with Gasteiger partial charge in [0.1, 0.15) is 5.82 Å². The van der Waals surface area contributed by atoms with E-state index in [1.165, 1.54) is 19.2 Å². The van der Waals surface area contributed by atoms with E-state index in [1.54, 1.807) is 36.3 Å². The third-order valence-corrected chi connectivity index (χ3v) is 4.38. The fourth-order valence-corrected chi connectivity index (χ4v) is 3.21. The van der Waals surface area contributed by atoms with Gasteiger partial charge in [0.25, 0.3) is 5.91 Å². The van der Waals surface area contributed by atoms with Gasteiger partial charge in [-0.3, -0.25) is 4.79 Å². The van der Waals surface area contributed by atoms with Crippen LogP contribution < -0.4 is 9.47 Å². The fraction of sp³-hybridized carbons (Fsp3) is 0.316. The second-order valence-corrected chi connectivity index (χ2v) is 5.78. The Balaban J connectivity index is 1.88. The zero-order valence-corrected chi connectivity index (χ0v) is 13.8. The fourth-order valence-electron chi connectivity index (χ4n) is 3.21. The number of hydrogen-bond donors (Lipinski definition) is 0. The number of rotatable bonds is 4. The van der Waals surface area contributed by atoms with E-state index < -0.39 is 0 Å². The number of benzene rings is 2. The smallest absolute Gasteiger partial charge is 0.254 e. The van der Waals surface area contributed by atoms with E-state index in [2.05, 4.69) is 0 Å². The standard InChI is InChI=1S/C19H20FNO3/c1-23-17-9-8-14(12-18(17)24-2)19(22)21-10-4-7-16(21)13-5-3-6-15(20)11-13/h3,5-6,8-9,11-12,16H,4,7,10H2,1-2H3. The molecule has 1 atom stereocenters. The molecule has 0 aromatic heterocycles. The summed E-state index contributed by atoms with van der Waals surface area (Å²) in [6.45, 7) is 0.661. The molecule has 24 heavy (non-hydrogen) atoms. The maximum atomic E-state index is 13.5. The van der Waals surface area contributed by atoms with Crippen molar-refractivity contribution in [1.29, 1.82) is 0 Å². The molecule has 1 saturated heterocycles. The number of methoxy groups -OCH3 is 2. The van der Waals surface area contributed by atoms with Gasteiger partial charge in [0.05, 0.1) is 20.3 Å². The van der Waals surface area contributed by atoms with Gasteiger partial charge in [0.15, 0.2) is 11.5 Å². The summed E-state index contributed by atoms with van der Waals surface area (Å²) in [5.41, 5.74) is 1.37. The predicted octanol–water partition coefficient (Wildman–Crippen LogP) is 3.82. The van der Waals surface area contributed by atoms with Gasteiger partial charge < -0.3 is 14.4 Å². The molecule has 2 aromatic rings. The second kappa shape index (κ2) is 6.91. The van der Waals surface area contributed by atoms with Gasteiger partial charge in [-0.15, -0.1) is 0 Å². The first-order chi connectivity index (χ1) is 11.6. The third kappa shape index (κ3) is 3.07. The predicted molar refractivity (Wildman–Crippen MR) is 89.0 cm³/mol. The average molecular weight is 329 g/mol. The molecule has 1 aliphatic rings. The Morgan fingerprint density at radius 2 is 1.92 bits per heavy atom. The molecule has 0 N–H and O–H groups in total. The van der Waals surface area contributed by atoms with Crippen molar-refractivity contribution in [1.82, 2.24) is 4.90 Å². The summed E-state index contributed by atoms with van der Waals surface area (Å²) in [6, 6.07) is 11.5. The van der Waals surface area contributed by atoms with Crippen LogP contribution in [0.2, 0.25) is 0 Å². The quantitative estimate of drug-likeness (QED) is 0.856. The van der Waals surface area contributed by atoms with Crippen LogP contribution in [0.4, 0.5) is 4.39 Å². The Morgan fingerprint density at radius 1 is 1.12 bits per heavy atom. The van der Waals surface area contributed by atoms with Gasteiger partial charge in [0.2, 0.25) is 0 Å². The van der Waals surface area contributed by atoms with Crippen molar-refractivity contribution in [3.63, 3.8) is 0 Å². The van der Waals surface area contributed by atoms with E-state index >= 15 is 0 Å². The lowest BCUT2D eigenvalue weighted by atomic mass is 10.0. The maximum Gasteiger partial charge on any atom is 0.254 e. The minimum atomic E-state index is -0.280. The molecule has 1 aliphatic heterocycles. The van der Waals surface area contributed by atoms with Crippen LogP contribution in [0.1, 0.15) is 34.8 Å². The second-order valence-electron chi connectivity index (χ2n) is 5.78. The molecule has 3 rings (SSSR count). The Bertz CT molecular complexity index is 747. The van der Waals surface area contributed by atoms with Gasteiger partial charge in [-0.2, -0.15) is 0 Å². The summed E-state index contributed by atoms with van der Waals surface area (Å²) in [5.74, 6) is 0.739. The Labute approximate surface area is 140 Å². The first kappa shape index (κ1) is 16.3. The van der Waals surface area contributed by atoms with Gasteiger partial charge in [-0.05, 0) is 48.7 Å². The van der Waals surface area contributed by atoms with Crippen LogP contribution in [0.5, 0.6) is 11.5 Å². The van der Waals surface area contributed by atoms with Crippen molar-refractivity contribution in [3.8, 4) is 11.5 Å². The highest BCUT2D eigenvalue weighted by atomic mass is 19.1. The van der Waals surface area contributed by atoms with Crippen LogP contribution in [0, 0.1) is 5.82 Å². The number of ether oxygens (including phenoxy) is 2. The van der Waals surface area contributed by atoms with Gasteiger partial charge >= 0.3 is 0 Å². The molecule has 0 bridgehead atoms. The van der Waals surface area contributed by atoms with Crippen molar-refractivity contribution >= 4 is 5.91 Å². The number of amides is 1. The molecule has 1 fully saturated rings. The minimum Gasteiger partial charge on any atom is -0.493 e. The lowest BCUT2D eigenvalue weighted by Crippen LogP contribution is -2.30. The Hall–Kier alpha value is -2.56. The number of carbonyl (C=O) groups is 1. The number of carbonyl (C=O) groups excluding carboxylic acids is 1. The van der Waals surface area contributed by atoms with Crippen LogP contribution in [-0.4, -0.2) is 31.6 Å². The van der Waals surface area contributed by atoms with Gasteiger partial charge in [-0.1, -0.05) is 12.1 Å². The summed E-state index contributed by atoms with van der Waals surface area (Å²) in [7, 11) is 3.09. The largest absolute Gasteiger partial charge is 0.493 e. The highest BCUT2D eigenvalue weighted by Crippen LogP contribution is 2.35. The summed E-state index contributed by atoms with van der Waals surface area (Å²) in [4.78, 5) is 14.7. The minimum absolute atomic E-state index is 0.0808. The zero-order chi connectivity index (χ0) is 17.1. The summed E-state index contributed by atoms with van der Waals surface area (Å²) >= 11 is 0. The molecule has 0 radical (unpaired) electrons. The van der Waals surface area contributed by atoms with Crippen LogP contribution >= 0.6 is 0 Å². The summed E-state index contributed by atoms with van der Waals surface area (Å²) < 4.78 is 24.0. The molecule has 1 heterocycles. The molecule has 0 aliphatic carbocycles. The lowest BCUT2D eigenvalue weighted by molar-refractivity contribution is 0.0735. The van der Waals surface area contributed by atoms with Crippen molar-refractivity contribution < 1.29 is 18.7 Å². The average Bonchev–Trinajstić information content (AvgIpc) is 3.10. The molecule has 2 aromatic carbocycles. The first-order valence-electron chi connectivity index (χ1n) is 7.92. The number of hydrogen-bond acceptors (Lipinski definition) is 3. The van der Waals surface area contributed by atoms with Crippen LogP contribution in [-0.2, 0) is 0 Å². The molecule has 1 unspecified atom stereocenters. The maximum absolute atomic E-state index is 13.5. The van der Waals surface area contributed by atoms with Crippen LogP contribution in [0.25, 0.3) is 0 Å². The molecule has 1 amide bonds. The van der Waals surface area contributed by atoms with Gasteiger partial charge in [-0.25, -0.2) is 4.39 Å². The van der Waals surface area contributed by atoms with Gasteiger partial charge in [0, 0.05) is 12.1 Å². The Morgan fingerprint density at radius 3 is 2.62 bits per heavy atom. The normalized spacial score (nSPS) is 17.0. The summed E-state index contributed by atoms with van der Waals surface area (Å²) in [5, 5.41) is 0. The van der Waals surface area contributed by atoms with E-state index in [9.17, 15) is 9.18 Å². The first-order valence-corrected chi connectivity index (χ1v) is 7.92. The topological polar surface area (TPSA) is 38.8 Å². The van der Waals surface area contributed by atoms with Crippen molar-refractivity contribution in [2.45, 2.75) is 18.9 Å². The molecule has 126 valence electrons. The number of nitrogens with zero attached hydrogens (tertiary/aromatic N) is 1. The molecule has 4 nitrogen and oxygen atoms in total. The van der Waals surface area contributed by atoms with E-state index in [4.69, 9.17) is 9.47 Å².